The molecule has 24 heavy (non-hydrogen) atoms. The van der Waals surface area contributed by atoms with Crippen LogP contribution in [0.2, 0.25) is 5.02 Å². The lowest BCUT2D eigenvalue weighted by Gasteiger charge is -2.27. The first-order valence-electron chi connectivity index (χ1n) is 8.01. The minimum absolute atomic E-state index is 0.723. The van der Waals surface area contributed by atoms with Gasteiger partial charge in [-0.15, -0.1) is 0 Å². The Balaban J connectivity index is 1.53. The second kappa shape index (κ2) is 6.34. The summed E-state index contributed by atoms with van der Waals surface area (Å²) in [6, 6.07) is 7.65. The maximum absolute atomic E-state index is 5.95. The van der Waals surface area contributed by atoms with Gasteiger partial charge in [-0.05, 0) is 31.2 Å². The maximum Gasteiger partial charge on any atom is 0.159 e. The Hall–Kier alpha value is -2.24. The van der Waals surface area contributed by atoms with E-state index >= 15 is 0 Å². The van der Waals surface area contributed by atoms with Gasteiger partial charge in [0.2, 0.25) is 0 Å². The van der Waals surface area contributed by atoms with Gasteiger partial charge in [0, 0.05) is 54.1 Å². The standard InChI is InChI=1S/C18H18ClN5/c1-12-17(22-11-21-12)10-24-7-6-16-14(9-24)8-20-18(23-16)13-2-4-15(19)5-3-13/h2-5,8,11H,6-7,9-10H2,1H3,(H,21,22). The van der Waals surface area contributed by atoms with Crippen molar-refractivity contribution >= 4 is 11.6 Å². The Bertz CT molecular complexity index is 856. The molecule has 5 nitrogen and oxygen atoms in total. The minimum Gasteiger partial charge on any atom is -0.348 e. The zero-order chi connectivity index (χ0) is 16.5. The first kappa shape index (κ1) is 15.3. The van der Waals surface area contributed by atoms with Crippen molar-refractivity contribution in [1.82, 2.24) is 24.8 Å². The molecular weight excluding hydrogens is 322 g/mol. The number of aromatic amines is 1. The molecule has 0 fully saturated rings. The molecule has 2 aromatic heterocycles. The Morgan fingerprint density at radius 3 is 2.79 bits per heavy atom. The van der Waals surface area contributed by atoms with Crippen molar-refractivity contribution in [1.29, 1.82) is 0 Å². The van der Waals surface area contributed by atoms with E-state index in [9.17, 15) is 0 Å². The smallest absolute Gasteiger partial charge is 0.159 e. The van der Waals surface area contributed by atoms with E-state index in [1.165, 1.54) is 5.56 Å². The summed E-state index contributed by atoms with van der Waals surface area (Å²) in [4.78, 5) is 19.2. The van der Waals surface area contributed by atoms with Crippen molar-refractivity contribution in [2.75, 3.05) is 6.54 Å². The van der Waals surface area contributed by atoms with Gasteiger partial charge in [-0.1, -0.05) is 11.6 Å². The third-order valence-corrected chi connectivity index (χ3v) is 4.68. The van der Waals surface area contributed by atoms with Gasteiger partial charge < -0.3 is 4.98 Å². The van der Waals surface area contributed by atoms with Crippen LogP contribution in [-0.4, -0.2) is 31.4 Å². The van der Waals surface area contributed by atoms with Crippen molar-refractivity contribution in [2.45, 2.75) is 26.4 Å². The number of aromatic nitrogens is 4. The average molecular weight is 340 g/mol. The quantitative estimate of drug-likeness (QED) is 0.794. The molecule has 122 valence electrons. The lowest BCUT2D eigenvalue weighted by atomic mass is 10.1. The summed E-state index contributed by atoms with van der Waals surface area (Å²) in [6.07, 6.45) is 4.64. The summed E-state index contributed by atoms with van der Waals surface area (Å²) in [5.41, 5.74) is 5.58. The summed E-state index contributed by atoms with van der Waals surface area (Å²) in [5.74, 6) is 0.766. The summed E-state index contributed by atoms with van der Waals surface area (Å²) in [7, 11) is 0. The van der Waals surface area contributed by atoms with Crippen molar-refractivity contribution in [3.05, 3.63) is 64.5 Å². The summed E-state index contributed by atoms with van der Waals surface area (Å²) in [5, 5.41) is 0.723. The molecule has 0 unspecified atom stereocenters. The van der Waals surface area contributed by atoms with Crippen molar-refractivity contribution in [3.63, 3.8) is 0 Å². The Morgan fingerprint density at radius 2 is 2.04 bits per heavy atom. The number of nitrogens with zero attached hydrogens (tertiary/aromatic N) is 4. The highest BCUT2D eigenvalue weighted by atomic mass is 35.5. The molecule has 6 heteroatoms. The van der Waals surface area contributed by atoms with Crippen molar-refractivity contribution in [3.8, 4) is 11.4 Å². The predicted octanol–water partition coefficient (Wildman–Crippen LogP) is 3.39. The molecule has 0 amide bonds. The highest BCUT2D eigenvalue weighted by molar-refractivity contribution is 6.30. The van der Waals surface area contributed by atoms with Crippen LogP contribution in [0.4, 0.5) is 0 Å². The Kier molecular flexibility index (Phi) is 4.04. The molecule has 0 radical (unpaired) electrons. The van der Waals surface area contributed by atoms with Crippen LogP contribution in [0.3, 0.4) is 0 Å². The Labute approximate surface area is 145 Å². The number of fused-ring (bicyclic) bond motifs is 1. The molecule has 1 N–H and O–H groups in total. The lowest BCUT2D eigenvalue weighted by Crippen LogP contribution is -2.31. The normalized spacial score (nSPS) is 14.6. The van der Waals surface area contributed by atoms with E-state index < -0.39 is 0 Å². The fraction of sp³-hybridized carbons (Fsp3) is 0.278. The molecule has 0 spiro atoms. The van der Waals surface area contributed by atoms with E-state index in [-0.39, 0.29) is 0 Å². The van der Waals surface area contributed by atoms with Gasteiger partial charge >= 0.3 is 0 Å². The number of aryl methyl sites for hydroxylation is 1. The zero-order valence-corrected chi connectivity index (χ0v) is 14.2. The molecule has 0 atom stereocenters. The minimum atomic E-state index is 0.723. The van der Waals surface area contributed by atoms with Gasteiger partial charge in [0.15, 0.2) is 5.82 Å². The highest BCUT2D eigenvalue weighted by Crippen LogP contribution is 2.23. The summed E-state index contributed by atoms with van der Waals surface area (Å²) in [6.45, 7) is 4.76. The van der Waals surface area contributed by atoms with Crippen LogP contribution in [0.5, 0.6) is 0 Å². The van der Waals surface area contributed by atoms with E-state index in [1.54, 1.807) is 6.33 Å². The number of H-pyrrole nitrogens is 1. The number of hydrogen-bond donors (Lipinski definition) is 1. The second-order valence-electron chi connectivity index (χ2n) is 6.11. The van der Waals surface area contributed by atoms with Crippen LogP contribution in [0.15, 0.2) is 36.8 Å². The third-order valence-electron chi connectivity index (χ3n) is 4.42. The van der Waals surface area contributed by atoms with Crippen LogP contribution in [0, 0.1) is 6.92 Å². The summed E-state index contributed by atoms with van der Waals surface area (Å²) >= 11 is 5.95. The first-order valence-corrected chi connectivity index (χ1v) is 8.39. The van der Waals surface area contributed by atoms with E-state index in [0.29, 0.717) is 0 Å². The molecule has 4 rings (SSSR count). The second-order valence-corrected chi connectivity index (χ2v) is 6.54. The van der Waals surface area contributed by atoms with Gasteiger partial charge in [-0.2, -0.15) is 0 Å². The molecular formula is C18H18ClN5. The van der Waals surface area contributed by atoms with Gasteiger partial charge in [-0.25, -0.2) is 15.0 Å². The van der Waals surface area contributed by atoms with Crippen LogP contribution >= 0.6 is 11.6 Å². The number of hydrogen-bond acceptors (Lipinski definition) is 4. The molecule has 0 saturated carbocycles. The molecule has 0 aliphatic carbocycles. The number of imidazole rings is 1. The Morgan fingerprint density at radius 1 is 1.21 bits per heavy atom. The average Bonchev–Trinajstić information content (AvgIpc) is 3.00. The molecule has 3 heterocycles. The molecule has 1 aliphatic heterocycles. The van der Waals surface area contributed by atoms with Crippen LogP contribution in [-0.2, 0) is 19.5 Å². The molecule has 1 aliphatic rings. The monoisotopic (exact) mass is 339 g/mol. The molecule has 1 aromatic carbocycles. The lowest BCUT2D eigenvalue weighted by molar-refractivity contribution is 0.240. The van der Waals surface area contributed by atoms with Gasteiger partial charge in [0.25, 0.3) is 0 Å². The van der Waals surface area contributed by atoms with E-state index in [4.69, 9.17) is 16.6 Å². The number of benzene rings is 1. The fourth-order valence-corrected chi connectivity index (χ4v) is 3.13. The highest BCUT2D eigenvalue weighted by Gasteiger charge is 2.20. The molecule has 0 saturated heterocycles. The fourth-order valence-electron chi connectivity index (χ4n) is 3.01. The van der Waals surface area contributed by atoms with Gasteiger partial charge in [0.05, 0.1) is 17.7 Å². The maximum atomic E-state index is 5.95. The third kappa shape index (κ3) is 3.05. The molecule has 0 bridgehead atoms. The number of halogens is 1. The SMILES string of the molecule is Cc1[nH]cnc1CN1CCc2nc(-c3ccc(Cl)cc3)ncc2C1. The largest absolute Gasteiger partial charge is 0.348 e. The number of nitrogens with one attached hydrogen (secondary N) is 1. The topological polar surface area (TPSA) is 57.7 Å². The van der Waals surface area contributed by atoms with Gasteiger partial charge in [-0.3, -0.25) is 4.90 Å². The van der Waals surface area contributed by atoms with E-state index in [2.05, 4.69) is 26.8 Å². The van der Waals surface area contributed by atoms with E-state index in [0.717, 1.165) is 59.5 Å². The zero-order valence-electron chi connectivity index (χ0n) is 13.5. The van der Waals surface area contributed by atoms with Crippen molar-refractivity contribution < 1.29 is 0 Å². The van der Waals surface area contributed by atoms with Gasteiger partial charge in [0.1, 0.15) is 0 Å². The first-order chi connectivity index (χ1) is 11.7. The predicted molar refractivity (Wildman–Crippen MR) is 93.6 cm³/mol. The summed E-state index contributed by atoms with van der Waals surface area (Å²) < 4.78 is 0. The van der Waals surface area contributed by atoms with Crippen LogP contribution in [0.25, 0.3) is 11.4 Å². The van der Waals surface area contributed by atoms with Crippen molar-refractivity contribution in [2.24, 2.45) is 0 Å². The number of rotatable bonds is 3. The molecule has 3 aromatic rings. The van der Waals surface area contributed by atoms with Crippen LogP contribution in [0.1, 0.15) is 22.6 Å². The van der Waals surface area contributed by atoms with E-state index in [1.807, 2.05) is 30.5 Å². The van der Waals surface area contributed by atoms with Crippen LogP contribution < -0.4 is 0 Å².